The van der Waals surface area contributed by atoms with E-state index in [0.29, 0.717) is 24.3 Å². The molecule has 2 N–H and O–H groups in total. The molecular weight excluding hydrogens is 330 g/mol. The SMILES string of the molecule is CCCCCCC(C)CNCC(O)COc1ccc(SC(C)C)cc1. The quantitative estimate of drug-likeness (QED) is 0.354. The van der Waals surface area contributed by atoms with Crippen molar-refractivity contribution >= 4 is 11.8 Å². The van der Waals surface area contributed by atoms with Crippen LogP contribution in [0.5, 0.6) is 5.75 Å². The average molecular weight is 368 g/mol. The van der Waals surface area contributed by atoms with Gasteiger partial charge in [-0.3, -0.25) is 0 Å². The molecule has 0 amide bonds. The predicted molar refractivity (Wildman–Crippen MR) is 110 cm³/mol. The standard InChI is InChI=1S/C21H37NO2S/c1-5-6-7-8-9-18(4)14-22-15-19(23)16-24-20-10-12-21(13-11-20)25-17(2)3/h10-13,17-19,22-23H,5-9,14-16H2,1-4H3. The fourth-order valence-electron chi connectivity index (χ4n) is 2.66. The third-order valence-corrected chi connectivity index (χ3v) is 5.08. The molecule has 0 saturated heterocycles. The van der Waals surface area contributed by atoms with Gasteiger partial charge in [0.15, 0.2) is 0 Å². The zero-order chi connectivity index (χ0) is 18.5. The lowest BCUT2D eigenvalue weighted by atomic mass is 10.0. The van der Waals surface area contributed by atoms with Gasteiger partial charge in [0.2, 0.25) is 0 Å². The Morgan fingerprint density at radius 1 is 1.04 bits per heavy atom. The van der Waals surface area contributed by atoms with Crippen LogP contribution in [0.1, 0.15) is 59.8 Å². The first-order chi connectivity index (χ1) is 12.0. The van der Waals surface area contributed by atoms with Gasteiger partial charge in [-0.2, -0.15) is 0 Å². The molecule has 3 nitrogen and oxygen atoms in total. The molecule has 0 fully saturated rings. The topological polar surface area (TPSA) is 41.5 Å². The number of thioether (sulfide) groups is 1. The van der Waals surface area contributed by atoms with E-state index in [1.807, 2.05) is 23.9 Å². The van der Waals surface area contributed by atoms with Gasteiger partial charge in [0, 0.05) is 16.7 Å². The van der Waals surface area contributed by atoms with Crippen LogP contribution in [0.2, 0.25) is 0 Å². The van der Waals surface area contributed by atoms with Gasteiger partial charge in [0.25, 0.3) is 0 Å². The third-order valence-electron chi connectivity index (χ3n) is 4.06. The van der Waals surface area contributed by atoms with Crippen LogP contribution in [0.3, 0.4) is 0 Å². The van der Waals surface area contributed by atoms with Crippen molar-refractivity contribution in [1.29, 1.82) is 0 Å². The first-order valence-electron chi connectivity index (χ1n) is 9.79. The number of hydrogen-bond acceptors (Lipinski definition) is 4. The summed E-state index contributed by atoms with van der Waals surface area (Å²) in [5.74, 6) is 1.48. The summed E-state index contributed by atoms with van der Waals surface area (Å²) in [6.45, 7) is 10.8. The lowest BCUT2D eigenvalue weighted by Crippen LogP contribution is -2.33. The van der Waals surface area contributed by atoms with E-state index in [9.17, 15) is 5.11 Å². The van der Waals surface area contributed by atoms with E-state index in [1.165, 1.54) is 37.0 Å². The number of nitrogens with one attached hydrogen (secondary N) is 1. The highest BCUT2D eigenvalue weighted by molar-refractivity contribution is 7.99. The molecule has 2 unspecified atom stereocenters. The van der Waals surface area contributed by atoms with Gasteiger partial charge in [0.1, 0.15) is 18.5 Å². The highest BCUT2D eigenvalue weighted by atomic mass is 32.2. The minimum atomic E-state index is -0.475. The number of ether oxygens (including phenoxy) is 1. The van der Waals surface area contributed by atoms with E-state index in [-0.39, 0.29) is 0 Å². The van der Waals surface area contributed by atoms with Crippen molar-refractivity contribution in [3.05, 3.63) is 24.3 Å². The average Bonchev–Trinajstić information content (AvgIpc) is 2.57. The van der Waals surface area contributed by atoms with Crippen LogP contribution in [0.25, 0.3) is 0 Å². The number of benzene rings is 1. The van der Waals surface area contributed by atoms with Crippen molar-refractivity contribution in [2.45, 2.75) is 76.0 Å². The highest BCUT2D eigenvalue weighted by Gasteiger charge is 2.07. The molecule has 0 aromatic heterocycles. The maximum atomic E-state index is 10.1. The van der Waals surface area contributed by atoms with Crippen LogP contribution in [0.4, 0.5) is 0 Å². The zero-order valence-electron chi connectivity index (χ0n) is 16.5. The third kappa shape index (κ3) is 11.5. The van der Waals surface area contributed by atoms with Gasteiger partial charge >= 0.3 is 0 Å². The summed E-state index contributed by atoms with van der Waals surface area (Å²) in [4.78, 5) is 1.25. The van der Waals surface area contributed by atoms with E-state index >= 15 is 0 Å². The largest absolute Gasteiger partial charge is 0.491 e. The molecular formula is C21H37NO2S. The second-order valence-corrected chi connectivity index (χ2v) is 8.87. The van der Waals surface area contributed by atoms with Crippen LogP contribution >= 0.6 is 11.8 Å². The summed E-state index contributed by atoms with van der Waals surface area (Å²) >= 11 is 1.84. The smallest absolute Gasteiger partial charge is 0.119 e. The molecule has 0 radical (unpaired) electrons. The summed E-state index contributed by atoms with van der Waals surface area (Å²) in [7, 11) is 0. The molecule has 0 saturated carbocycles. The van der Waals surface area contributed by atoms with Gasteiger partial charge in [0.05, 0.1) is 0 Å². The van der Waals surface area contributed by atoms with E-state index in [2.05, 4.69) is 45.1 Å². The maximum Gasteiger partial charge on any atom is 0.119 e. The second-order valence-electron chi connectivity index (χ2n) is 7.22. The fraction of sp³-hybridized carbons (Fsp3) is 0.714. The molecule has 0 aliphatic rings. The van der Waals surface area contributed by atoms with Gasteiger partial charge in [-0.15, -0.1) is 11.8 Å². The molecule has 1 rings (SSSR count). The first kappa shape index (κ1) is 22.3. The Balaban J connectivity index is 2.12. The monoisotopic (exact) mass is 367 g/mol. The van der Waals surface area contributed by atoms with Crippen LogP contribution in [0, 0.1) is 5.92 Å². The molecule has 4 heteroatoms. The zero-order valence-corrected chi connectivity index (χ0v) is 17.3. The van der Waals surface area contributed by atoms with E-state index in [0.717, 1.165) is 12.3 Å². The minimum Gasteiger partial charge on any atom is -0.491 e. The number of aliphatic hydroxyl groups is 1. The van der Waals surface area contributed by atoms with Crippen molar-refractivity contribution in [3.63, 3.8) is 0 Å². The molecule has 2 atom stereocenters. The molecule has 1 aromatic rings. The first-order valence-corrected chi connectivity index (χ1v) is 10.7. The molecule has 0 spiro atoms. The summed E-state index contributed by atoms with van der Waals surface area (Å²) in [6.07, 6.45) is 6.07. The Kier molecular flexibility index (Phi) is 12.0. The second kappa shape index (κ2) is 13.5. The van der Waals surface area contributed by atoms with Crippen LogP contribution < -0.4 is 10.1 Å². The normalized spacial score (nSPS) is 13.8. The Bertz CT molecular complexity index is 436. The Hall–Kier alpha value is -0.710. The minimum absolute atomic E-state index is 0.328. The molecule has 0 heterocycles. The van der Waals surface area contributed by atoms with Gasteiger partial charge in [-0.1, -0.05) is 53.4 Å². The number of unbranched alkanes of at least 4 members (excludes halogenated alkanes) is 3. The molecule has 144 valence electrons. The van der Waals surface area contributed by atoms with Gasteiger partial charge in [-0.25, -0.2) is 0 Å². The van der Waals surface area contributed by atoms with Crippen molar-refractivity contribution in [2.75, 3.05) is 19.7 Å². The van der Waals surface area contributed by atoms with Crippen molar-refractivity contribution < 1.29 is 9.84 Å². The predicted octanol–water partition coefficient (Wildman–Crippen LogP) is 5.12. The van der Waals surface area contributed by atoms with Crippen molar-refractivity contribution in [2.24, 2.45) is 5.92 Å². The van der Waals surface area contributed by atoms with Crippen molar-refractivity contribution in [3.8, 4) is 5.75 Å². The van der Waals surface area contributed by atoms with Gasteiger partial charge < -0.3 is 15.2 Å². The highest BCUT2D eigenvalue weighted by Crippen LogP contribution is 2.24. The number of hydrogen-bond donors (Lipinski definition) is 2. The molecule has 0 bridgehead atoms. The van der Waals surface area contributed by atoms with Crippen LogP contribution in [-0.4, -0.2) is 36.2 Å². The molecule has 0 aliphatic carbocycles. The summed E-state index contributed by atoms with van der Waals surface area (Å²) in [6, 6.07) is 8.10. The summed E-state index contributed by atoms with van der Waals surface area (Å²) in [5.41, 5.74) is 0. The van der Waals surface area contributed by atoms with Crippen LogP contribution in [-0.2, 0) is 0 Å². The van der Waals surface area contributed by atoms with E-state index in [1.54, 1.807) is 0 Å². The van der Waals surface area contributed by atoms with Crippen LogP contribution in [0.15, 0.2) is 29.2 Å². The van der Waals surface area contributed by atoms with E-state index < -0.39 is 6.10 Å². The molecule has 1 aromatic carbocycles. The Morgan fingerprint density at radius 2 is 1.76 bits per heavy atom. The lowest BCUT2D eigenvalue weighted by molar-refractivity contribution is 0.105. The maximum absolute atomic E-state index is 10.1. The lowest BCUT2D eigenvalue weighted by Gasteiger charge is -2.16. The molecule has 25 heavy (non-hydrogen) atoms. The Morgan fingerprint density at radius 3 is 2.40 bits per heavy atom. The van der Waals surface area contributed by atoms with E-state index in [4.69, 9.17) is 4.74 Å². The summed E-state index contributed by atoms with van der Waals surface area (Å²) < 4.78 is 5.68. The number of rotatable bonds is 14. The Labute approximate surface area is 158 Å². The molecule has 0 aliphatic heterocycles. The fourth-order valence-corrected chi connectivity index (χ4v) is 3.49. The summed E-state index contributed by atoms with van der Waals surface area (Å²) in [5, 5.41) is 14.0. The van der Waals surface area contributed by atoms with Gasteiger partial charge in [-0.05, 0) is 43.1 Å². The number of aliphatic hydroxyl groups excluding tert-OH is 1. The van der Waals surface area contributed by atoms with Crippen molar-refractivity contribution in [1.82, 2.24) is 5.32 Å².